The van der Waals surface area contributed by atoms with Crippen LogP contribution < -0.4 is 4.90 Å². The fourth-order valence-electron chi connectivity index (χ4n) is 2.58. The third kappa shape index (κ3) is 4.31. The van der Waals surface area contributed by atoms with E-state index in [1.807, 2.05) is 45.2 Å². The van der Waals surface area contributed by atoms with Crippen molar-refractivity contribution in [2.45, 2.75) is 39.8 Å². The van der Waals surface area contributed by atoms with Gasteiger partial charge >= 0.3 is 6.09 Å². The van der Waals surface area contributed by atoms with Crippen LogP contribution in [0.25, 0.3) is 10.2 Å². The lowest BCUT2D eigenvalue weighted by Gasteiger charge is -2.27. The zero-order chi connectivity index (χ0) is 19.8. The zero-order valence-corrected chi connectivity index (χ0v) is 17.8. The fraction of sp³-hybridized carbons (Fsp3) is 0.316. The average molecular weight is 423 g/mol. The number of fused-ring (bicyclic) bond motifs is 1. The van der Waals surface area contributed by atoms with Gasteiger partial charge in [0.05, 0.1) is 27.3 Å². The van der Waals surface area contributed by atoms with Crippen LogP contribution in [0.3, 0.4) is 0 Å². The second-order valence-electron chi connectivity index (χ2n) is 7.00. The third-order valence-electron chi connectivity index (χ3n) is 3.76. The maximum Gasteiger partial charge on any atom is 0.415 e. The Morgan fingerprint density at radius 2 is 2.15 bits per heavy atom. The van der Waals surface area contributed by atoms with Crippen LogP contribution in [-0.4, -0.2) is 23.0 Å². The number of amides is 1. The van der Waals surface area contributed by atoms with Gasteiger partial charge in [-0.05, 0) is 44.7 Å². The molecule has 0 aliphatic carbocycles. The number of anilines is 1. The van der Waals surface area contributed by atoms with Crippen molar-refractivity contribution < 1.29 is 14.3 Å². The number of carbonyl (C=O) groups excluding carboxylic acids is 2. The standard InChI is InChI=1S/C19H19ClN2O3S2/c1-11-14(10-23)27-17-13(8-15(20)21-16(11)17)22(9-12-6-5-7-26-12)18(24)25-19(2,3)4/h5-8,10H,9H2,1-4H3. The molecule has 0 spiro atoms. The van der Waals surface area contributed by atoms with E-state index in [4.69, 9.17) is 16.3 Å². The Morgan fingerprint density at radius 1 is 1.41 bits per heavy atom. The number of rotatable bonds is 4. The Morgan fingerprint density at radius 3 is 2.74 bits per heavy atom. The monoisotopic (exact) mass is 422 g/mol. The van der Waals surface area contributed by atoms with E-state index in [-0.39, 0.29) is 5.15 Å². The van der Waals surface area contributed by atoms with Crippen LogP contribution in [-0.2, 0) is 11.3 Å². The number of hydrogen-bond acceptors (Lipinski definition) is 6. The van der Waals surface area contributed by atoms with Crippen LogP contribution in [0.4, 0.5) is 10.5 Å². The van der Waals surface area contributed by atoms with Crippen molar-refractivity contribution in [3.05, 3.63) is 44.1 Å². The minimum absolute atomic E-state index is 0.260. The minimum atomic E-state index is -0.639. The molecule has 3 heterocycles. The summed E-state index contributed by atoms with van der Waals surface area (Å²) in [6, 6.07) is 5.53. The van der Waals surface area contributed by atoms with Crippen molar-refractivity contribution in [2.24, 2.45) is 0 Å². The van der Waals surface area contributed by atoms with Gasteiger partial charge < -0.3 is 4.74 Å². The quantitative estimate of drug-likeness (QED) is 0.378. The number of pyridine rings is 1. The number of aryl methyl sites for hydroxylation is 1. The molecule has 3 aromatic heterocycles. The molecule has 0 bridgehead atoms. The van der Waals surface area contributed by atoms with Gasteiger partial charge in [0.2, 0.25) is 0 Å². The van der Waals surface area contributed by atoms with Crippen LogP contribution in [0.1, 0.15) is 40.9 Å². The molecule has 5 nitrogen and oxygen atoms in total. The molecular formula is C19H19ClN2O3S2. The highest BCUT2D eigenvalue weighted by Crippen LogP contribution is 2.38. The molecule has 0 aliphatic rings. The number of halogens is 1. The number of nitrogens with zero attached hydrogens (tertiary/aromatic N) is 2. The second kappa shape index (κ2) is 7.58. The lowest BCUT2D eigenvalue weighted by Crippen LogP contribution is -2.36. The highest BCUT2D eigenvalue weighted by atomic mass is 35.5. The average Bonchev–Trinajstić information content (AvgIpc) is 3.19. The smallest absolute Gasteiger partial charge is 0.415 e. The van der Waals surface area contributed by atoms with Crippen molar-refractivity contribution in [1.82, 2.24) is 4.98 Å². The Balaban J connectivity index is 2.16. The summed E-state index contributed by atoms with van der Waals surface area (Å²) in [7, 11) is 0. The number of hydrogen-bond donors (Lipinski definition) is 0. The number of aldehydes is 1. The van der Waals surface area contributed by atoms with E-state index in [1.54, 1.807) is 22.3 Å². The zero-order valence-electron chi connectivity index (χ0n) is 15.4. The van der Waals surface area contributed by atoms with E-state index >= 15 is 0 Å². The fourth-order valence-corrected chi connectivity index (χ4v) is 4.55. The molecule has 3 aromatic rings. The molecule has 0 N–H and O–H groups in total. The van der Waals surface area contributed by atoms with Crippen LogP contribution in [0.5, 0.6) is 0 Å². The first-order valence-corrected chi connectivity index (χ1v) is 10.3. The minimum Gasteiger partial charge on any atom is -0.443 e. The number of thiophene rings is 2. The van der Waals surface area contributed by atoms with Crippen molar-refractivity contribution in [3.63, 3.8) is 0 Å². The summed E-state index contributed by atoms with van der Waals surface area (Å²) in [5.74, 6) is 0. The first-order chi connectivity index (χ1) is 12.7. The lowest BCUT2D eigenvalue weighted by molar-refractivity contribution is 0.0578. The van der Waals surface area contributed by atoms with Crippen LogP contribution in [0.2, 0.25) is 5.15 Å². The highest BCUT2D eigenvalue weighted by Gasteiger charge is 2.27. The molecule has 0 unspecified atom stereocenters. The molecule has 0 fully saturated rings. The van der Waals surface area contributed by atoms with Gasteiger partial charge in [-0.2, -0.15) is 0 Å². The normalized spacial score (nSPS) is 11.6. The maximum atomic E-state index is 13.0. The summed E-state index contributed by atoms with van der Waals surface area (Å²) in [6.45, 7) is 7.64. The first kappa shape index (κ1) is 19.8. The van der Waals surface area contributed by atoms with Gasteiger partial charge in [0.1, 0.15) is 10.8 Å². The van der Waals surface area contributed by atoms with Crippen LogP contribution in [0, 0.1) is 6.92 Å². The maximum absolute atomic E-state index is 13.0. The van der Waals surface area contributed by atoms with Gasteiger partial charge in [-0.25, -0.2) is 9.78 Å². The summed E-state index contributed by atoms with van der Waals surface area (Å²) >= 11 is 9.09. The SMILES string of the molecule is Cc1c(C=O)sc2c(N(Cc3cccs3)C(=O)OC(C)(C)C)cc(Cl)nc12. The first-order valence-electron chi connectivity index (χ1n) is 8.27. The van der Waals surface area contributed by atoms with Gasteiger partial charge in [-0.3, -0.25) is 9.69 Å². The van der Waals surface area contributed by atoms with Crippen molar-refractivity contribution >= 4 is 62.6 Å². The Labute approximate surface area is 170 Å². The summed E-state index contributed by atoms with van der Waals surface area (Å²) in [5, 5.41) is 2.22. The van der Waals surface area contributed by atoms with E-state index < -0.39 is 11.7 Å². The molecule has 1 amide bonds. The number of ether oxygens (including phenoxy) is 1. The molecule has 0 saturated carbocycles. The van der Waals surface area contributed by atoms with Gasteiger partial charge in [0, 0.05) is 10.9 Å². The van der Waals surface area contributed by atoms with Crippen LogP contribution in [0.15, 0.2) is 23.6 Å². The number of aromatic nitrogens is 1. The lowest BCUT2D eigenvalue weighted by atomic mass is 10.2. The predicted octanol–water partition coefficient (Wildman–Crippen LogP) is 6.07. The summed E-state index contributed by atoms with van der Waals surface area (Å²) in [5.41, 5.74) is 1.34. The number of carbonyl (C=O) groups is 2. The highest BCUT2D eigenvalue weighted by molar-refractivity contribution is 7.21. The topological polar surface area (TPSA) is 59.5 Å². The molecule has 3 rings (SSSR count). The van der Waals surface area contributed by atoms with E-state index in [1.165, 1.54) is 11.3 Å². The van der Waals surface area contributed by atoms with E-state index in [9.17, 15) is 9.59 Å². The van der Waals surface area contributed by atoms with Gasteiger partial charge in [0.15, 0.2) is 6.29 Å². The van der Waals surface area contributed by atoms with E-state index in [2.05, 4.69) is 4.98 Å². The summed E-state index contributed by atoms with van der Waals surface area (Å²) in [4.78, 5) is 31.9. The second-order valence-corrected chi connectivity index (χ2v) is 9.47. The predicted molar refractivity (Wildman–Crippen MR) is 111 cm³/mol. The molecule has 0 radical (unpaired) electrons. The van der Waals surface area contributed by atoms with Gasteiger partial charge in [-0.15, -0.1) is 22.7 Å². The Hall–Kier alpha value is -1.96. The molecule has 27 heavy (non-hydrogen) atoms. The molecule has 0 saturated heterocycles. The summed E-state index contributed by atoms with van der Waals surface area (Å²) in [6.07, 6.45) is 0.328. The third-order valence-corrected chi connectivity index (χ3v) is 6.05. The van der Waals surface area contributed by atoms with Gasteiger partial charge in [-0.1, -0.05) is 17.7 Å². The Kier molecular flexibility index (Phi) is 5.55. The van der Waals surface area contributed by atoms with E-state index in [0.717, 1.165) is 21.4 Å². The molecule has 0 atom stereocenters. The van der Waals surface area contributed by atoms with Crippen molar-refractivity contribution in [2.75, 3.05) is 4.90 Å². The van der Waals surface area contributed by atoms with E-state index in [0.29, 0.717) is 22.6 Å². The Bertz CT molecular complexity index is 991. The van der Waals surface area contributed by atoms with Crippen molar-refractivity contribution in [1.29, 1.82) is 0 Å². The molecule has 0 aromatic carbocycles. The van der Waals surface area contributed by atoms with Crippen LogP contribution >= 0.6 is 34.3 Å². The van der Waals surface area contributed by atoms with Gasteiger partial charge in [0.25, 0.3) is 0 Å². The summed E-state index contributed by atoms with van der Waals surface area (Å²) < 4.78 is 6.36. The van der Waals surface area contributed by atoms with Crippen molar-refractivity contribution in [3.8, 4) is 0 Å². The molecule has 142 valence electrons. The molecule has 0 aliphatic heterocycles. The molecule has 8 heteroatoms. The molecular weight excluding hydrogens is 404 g/mol. The largest absolute Gasteiger partial charge is 0.443 e.